The number of fused-ring (bicyclic) bond motifs is 1. The third-order valence-corrected chi connectivity index (χ3v) is 3.12. The van der Waals surface area contributed by atoms with Crippen molar-refractivity contribution in [2.75, 3.05) is 32.6 Å². The van der Waals surface area contributed by atoms with Gasteiger partial charge >= 0.3 is 0 Å². The number of nitrogens with zero attached hydrogens (tertiary/aromatic N) is 1. The van der Waals surface area contributed by atoms with E-state index in [-0.39, 0.29) is 0 Å². The van der Waals surface area contributed by atoms with Crippen LogP contribution in [0.3, 0.4) is 0 Å². The SMILES string of the molecule is CNC1CCN(C)c2ccc(OC)cc21. The van der Waals surface area contributed by atoms with Crippen LogP contribution in [0.2, 0.25) is 0 Å². The molecular weight excluding hydrogens is 188 g/mol. The average Bonchev–Trinajstić information content (AvgIpc) is 2.29. The Hall–Kier alpha value is -1.22. The molecule has 1 N–H and O–H groups in total. The number of nitrogens with one attached hydrogen (secondary N) is 1. The minimum atomic E-state index is 0.450. The number of hydrogen-bond donors (Lipinski definition) is 1. The maximum Gasteiger partial charge on any atom is 0.119 e. The quantitative estimate of drug-likeness (QED) is 0.798. The third-order valence-electron chi connectivity index (χ3n) is 3.12. The van der Waals surface area contributed by atoms with Crippen LogP contribution in [0.25, 0.3) is 0 Å². The Bertz CT molecular complexity index is 351. The Labute approximate surface area is 91.0 Å². The summed E-state index contributed by atoms with van der Waals surface area (Å²) in [7, 11) is 5.86. The summed E-state index contributed by atoms with van der Waals surface area (Å²) >= 11 is 0. The summed E-state index contributed by atoms with van der Waals surface area (Å²) in [5.41, 5.74) is 2.65. The summed E-state index contributed by atoms with van der Waals surface area (Å²) < 4.78 is 5.26. The molecular formula is C12H18N2O. The van der Waals surface area contributed by atoms with Crippen molar-refractivity contribution >= 4 is 5.69 Å². The Morgan fingerprint density at radius 1 is 1.47 bits per heavy atom. The topological polar surface area (TPSA) is 24.5 Å². The van der Waals surface area contributed by atoms with Crippen LogP contribution in [-0.4, -0.2) is 27.7 Å². The van der Waals surface area contributed by atoms with E-state index in [0.717, 1.165) is 18.7 Å². The van der Waals surface area contributed by atoms with E-state index in [1.54, 1.807) is 7.11 Å². The van der Waals surface area contributed by atoms with Crippen LogP contribution in [0.15, 0.2) is 18.2 Å². The first-order valence-corrected chi connectivity index (χ1v) is 5.32. The third kappa shape index (κ3) is 1.79. The van der Waals surface area contributed by atoms with Crippen molar-refractivity contribution in [3.8, 4) is 5.75 Å². The minimum absolute atomic E-state index is 0.450. The van der Waals surface area contributed by atoms with Crippen molar-refractivity contribution in [3.63, 3.8) is 0 Å². The molecule has 1 aliphatic rings. The van der Waals surface area contributed by atoms with E-state index < -0.39 is 0 Å². The molecule has 1 aromatic rings. The molecule has 3 heteroatoms. The fourth-order valence-corrected chi connectivity index (χ4v) is 2.18. The molecule has 1 aliphatic heterocycles. The summed E-state index contributed by atoms with van der Waals surface area (Å²) in [6.45, 7) is 1.10. The molecule has 15 heavy (non-hydrogen) atoms. The van der Waals surface area contributed by atoms with Crippen molar-refractivity contribution in [3.05, 3.63) is 23.8 Å². The largest absolute Gasteiger partial charge is 0.497 e. The van der Waals surface area contributed by atoms with E-state index in [1.807, 2.05) is 13.1 Å². The number of ether oxygens (including phenoxy) is 1. The molecule has 0 bridgehead atoms. The molecule has 0 spiro atoms. The van der Waals surface area contributed by atoms with Gasteiger partial charge in [-0.3, -0.25) is 0 Å². The average molecular weight is 206 g/mol. The lowest BCUT2D eigenvalue weighted by Crippen LogP contribution is -2.32. The smallest absolute Gasteiger partial charge is 0.119 e. The van der Waals surface area contributed by atoms with Gasteiger partial charge in [0.2, 0.25) is 0 Å². The van der Waals surface area contributed by atoms with Crippen LogP contribution in [0.5, 0.6) is 5.75 Å². The first-order chi connectivity index (χ1) is 7.26. The van der Waals surface area contributed by atoms with Gasteiger partial charge in [0.25, 0.3) is 0 Å². The fourth-order valence-electron chi connectivity index (χ4n) is 2.18. The predicted octanol–water partition coefficient (Wildman–Crippen LogP) is 1.80. The number of benzene rings is 1. The normalized spacial score (nSPS) is 19.9. The highest BCUT2D eigenvalue weighted by Gasteiger charge is 2.22. The van der Waals surface area contributed by atoms with E-state index in [1.165, 1.54) is 11.3 Å². The molecule has 0 saturated carbocycles. The maximum absolute atomic E-state index is 5.26. The van der Waals surface area contributed by atoms with Crippen molar-refractivity contribution in [2.24, 2.45) is 0 Å². The van der Waals surface area contributed by atoms with Crippen LogP contribution in [-0.2, 0) is 0 Å². The number of rotatable bonds is 2. The fraction of sp³-hybridized carbons (Fsp3) is 0.500. The van der Waals surface area contributed by atoms with E-state index in [9.17, 15) is 0 Å². The van der Waals surface area contributed by atoms with Crippen LogP contribution < -0.4 is 15.0 Å². The van der Waals surface area contributed by atoms with Gasteiger partial charge in [0.15, 0.2) is 0 Å². The van der Waals surface area contributed by atoms with Gasteiger partial charge < -0.3 is 15.0 Å². The van der Waals surface area contributed by atoms with Crippen molar-refractivity contribution < 1.29 is 4.74 Å². The van der Waals surface area contributed by atoms with Gasteiger partial charge in [-0.15, -0.1) is 0 Å². The van der Waals surface area contributed by atoms with Gasteiger partial charge in [-0.2, -0.15) is 0 Å². The molecule has 1 atom stereocenters. The molecule has 82 valence electrons. The highest BCUT2D eigenvalue weighted by molar-refractivity contribution is 5.58. The Morgan fingerprint density at radius 2 is 2.27 bits per heavy atom. The van der Waals surface area contributed by atoms with Crippen LogP contribution in [0, 0.1) is 0 Å². The van der Waals surface area contributed by atoms with Crippen molar-refractivity contribution in [1.29, 1.82) is 0 Å². The van der Waals surface area contributed by atoms with Gasteiger partial charge in [-0.1, -0.05) is 0 Å². The lowest BCUT2D eigenvalue weighted by atomic mass is 9.96. The number of hydrogen-bond acceptors (Lipinski definition) is 3. The second-order valence-electron chi connectivity index (χ2n) is 3.98. The van der Waals surface area contributed by atoms with Gasteiger partial charge in [0.1, 0.15) is 5.75 Å². The zero-order valence-electron chi connectivity index (χ0n) is 9.58. The lowest BCUT2D eigenvalue weighted by molar-refractivity contribution is 0.412. The molecule has 0 fully saturated rings. The summed E-state index contributed by atoms with van der Waals surface area (Å²) in [5.74, 6) is 0.935. The van der Waals surface area contributed by atoms with E-state index >= 15 is 0 Å². The molecule has 0 aromatic heterocycles. The molecule has 0 saturated heterocycles. The second kappa shape index (κ2) is 4.11. The van der Waals surface area contributed by atoms with Crippen molar-refractivity contribution in [2.45, 2.75) is 12.5 Å². The summed E-state index contributed by atoms with van der Waals surface area (Å²) in [6.07, 6.45) is 1.15. The molecule has 0 aliphatic carbocycles. The number of methoxy groups -OCH3 is 1. The van der Waals surface area contributed by atoms with Gasteiger partial charge in [-0.05, 0) is 37.2 Å². The first kappa shape index (κ1) is 10.3. The van der Waals surface area contributed by atoms with Gasteiger partial charge in [0.05, 0.1) is 7.11 Å². The van der Waals surface area contributed by atoms with Crippen molar-refractivity contribution in [1.82, 2.24) is 5.32 Å². The molecule has 3 nitrogen and oxygen atoms in total. The lowest BCUT2D eigenvalue weighted by Gasteiger charge is -2.33. The first-order valence-electron chi connectivity index (χ1n) is 5.32. The molecule has 1 heterocycles. The standard InChI is InChI=1S/C12H18N2O/c1-13-11-6-7-14(2)12-5-4-9(15-3)8-10(11)12/h4-5,8,11,13H,6-7H2,1-3H3. The number of anilines is 1. The Balaban J connectivity index is 2.43. The highest BCUT2D eigenvalue weighted by atomic mass is 16.5. The summed E-state index contributed by atoms with van der Waals surface area (Å²) in [4.78, 5) is 2.29. The van der Waals surface area contributed by atoms with Gasteiger partial charge in [0, 0.05) is 25.3 Å². The van der Waals surface area contributed by atoms with Crippen LogP contribution in [0.4, 0.5) is 5.69 Å². The maximum atomic E-state index is 5.26. The van der Waals surface area contributed by atoms with E-state index in [4.69, 9.17) is 4.74 Å². The summed E-state index contributed by atoms with van der Waals surface area (Å²) in [6, 6.07) is 6.74. The van der Waals surface area contributed by atoms with Crippen LogP contribution >= 0.6 is 0 Å². The van der Waals surface area contributed by atoms with E-state index in [0.29, 0.717) is 6.04 Å². The molecule has 2 rings (SSSR count). The monoisotopic (exact) mass is 206 g/mol. The predicted molar refractivity (Wildman–Crippen MR) is 62.7 cm³/mol. The molecule has 0 radical (unpaired) electrons. The van der Waals surface area contributed by atoms with Gasteiger partial charge in [-0.25, -0.2) is 0 Å². The zero-order chi connectivity index (χ0) is 10.8. The zero-order valence-corrected chi connectivity index (χ0v) is 9.58. The van der Waals surface area contributed by atoms with Crippen LogP contribution in [0.1, 0.15) is 18.0 Å². The van der Waals surface area contributed by atoms with E-state index in [2.05, 4.69) is 29.4 Å². The Kier molecular flexibility index (Phi) is 2.82. The Morgan fingerprint density at radius 3 is 2.93 bits per heavy atom. The molecule has 1 aromatic carbocycles. The minimum Gasteiger partial charge on any atom is -0.497 e. The molecule has 0 amide bonds. The second-order valence-corrected chi connectivity index (χ2v) is 3.98. The highest BCUT2D eigenvalue weighted by Crippen LogP contribution is 2.35. The molecule has 1 unspecified atom stereocenters. The summed E-state index contributed by atoms with van der Waals surface area (Å²) in [5, 5.41) is 3.35.